The van der Waals surface area contributed by atoms with Gasteiger partial charge in [0.15, 0.2) is 0 Å². The first kappa shape index (κ1) is 13.3. The maximum absolute atomic E-state index is 10.5. The maximum Gasteiger partial charge on any atom is 0.328 e. The molecule has 90 valence electrons. The zero-order valence-corrected chi connectivity index (χ0v) is 10.3. The second-order valence-electron chi connectivity index (χ2n) is 3.54. The molecular weight excluding hydrogens is 238 g/mol. The second-order valence-corrected chi connectivity index (χ2v) is 3.98. The van der Waals surface area contributed by atoms with Crippen LogP contribution in [0.4, 0.5) is 5.69 Å². The van der Waals surface area contributed by atoms with E-state index in [2.05, 4.69) is 6.58 Å². The van der Waals surface area contributed by atoms with Gasteiger partial charge in [0.2, 0.25) is 0 Å². The molecule has 3 nitrogen and oxygen atoms in total. The molecule has 4 heteroatoms. The average Bonchev–Trinajstić information content (AvgIpc) is 2.26. The first-order chi connectivity index (χ1) is 8.04. The normalized spacial score (nSPS) is 10.5. The van der Waals surface area contributed by atoms with Gasteiger partial charge < -0.3 is 10.0 Å². The zero-order valence-electron chi connectivity index (χ0n) is 9.56. The molecule has 0 saturated heterocycles. The average molecular weight is 252 g/mol. The van der Waals surface area contributed by atoms with E-state index in [1.807, 2.05) is 18.0 Å². The van der Waals surface area contributed by atoms with Crippen LogP contribution in [0.3, 0.4) is 0 Å². The Morgan fingerprint density at radius 2 is 2.29 bits per heavy atom. The summed E-state index contributed by atoms with van der Waals surface area (Å²) < 4.78 is 0. The SMILES string of the molecule is C=CCN(C)c1ccc(Cl)cc1/C=C/C(=O)O. The van der Waals surface area contributed by atoms with Gasteiger partial charge in [0.05, 0.1) is 0 Å². The van der Waals surface area contributed by atoms with Crippen molar-refractivity contribution in [3.63, 3.8) is 0 Å². The van der Waals surface area contributed by atoms with E-state index < -0.39 is 5.97 Å². The van der Waals surface area contributed by atoms with Gasteiger partial charge in [-0.15, -0.1) is 6.58 Å². The highest BCUT2D eigenvalue weighted by molar-refractivity contribution is 6.30. The Balaban J connectivity index is 3.11. The largest absolute Gasteiger partial charge is 0.478 e. The maximum atomic E-state index is 10.5. The van der Waals surface area contributed by atoms with Crippen LogP contribution in [0.25, 0.3) is 6.08 Å². The van der Waals surface area contributed by atoms with Crippen molar-refractivity contribution in [1.29, 1.82) is 0 Å². The van der Waals surface area contributed by atoms with Crippen molar-refractivity contribution >= 4 is 29.3 Å². The minimum atomic E-state index is -0.984. The fourth-order valence-corrected chi connectivity index (χ4v) is 1.64. The summed E-state index contributed by atoms with van der Waals surface area (Å²) in [5.74, 6) is -0.984. The third kappa shape index (κ3) is 3.96. The van der Waals surface area contributed by atoms with Crippen molar-refractivity contribution in [3.8, 4) is 0 Å². The number of nitrogens with zero attached hydrogens (tertiary/aromatic N) is 1. The van der Waals surface area contributed by atoms with Gasteiger partial charge in [-0.25, -0.2) is 4.79 Å². The summed E-state index contributed by atoms with van der Waals surface area (Å²) in [6.07, 6.45) is 4.40. The van der Waals surface area contributed by atoms with Crippen molar-refractivity contribution in [2.45, 2.75) is 0 Å². The third-order valence-corrected chi connectivity index (χ3v) is 2.44. The molecule has 0 aliphatic heterocycles. The van der Waals surface area contributed by atoms with E-state index in [9.17, 15) is 4.79 Å². The van der Waals surface area contributed by atoms with Gasteiger partial charge in [0.1, 0.15) is 0 Å². The summed E-state index contributed by atoms with van der Waals surface area (Å²) in [4.78, 5) is 12.5. The van der Waals surface area contributed by atoms with Gasteiger partial charge >= 0.3 is 5.97 Å². The second kappa shape index (κ2) is 6.11. The van der Waals surface area contributed by atoms with Crippen LogP contribution in [-0.4, -0.2) is 24.7 Å². The van der Waals surface area contributed by atoms with Crippen LogP contribution in [-0.2, 0) is 4.79 Å². The number of benzene rings is 1. The van der Waals surface area contributed by atoms with E-state index in [0.717, 1.165) is 17.3 Å². The Kier molecular flexibility index (Phi) is 4.79. The molecule has 0 bridgehead atoms. The standard InChI is InChI=1S/C13H14ClNO2/c1-3-8-15(2)12-6-5-11(14)9-10(12)4-7-13(16)17/h3-7,9H,1,8H2,2H3,(H,16,17)/b7-4+. The van der Waals surface area contributed by atoms with E-state index in [-0.39, 0.29) is 0 Å². The lowest BCUT2D eigenvalue weighted by Crippen LogP contribution is -2.17. The van der Waals surface area contributed by atoms with Crippen molar-refractivity contribution in [2.75, 3.05) is 18.5 Å². The molecule has 0 aliphatic carbocycles. The molecule has 0 saturated carbocycles. The van der Waals surface area contributed by atoms with Crippen LogP contribution in [0.5, 0.6) is 0 Å². The summed E-state index contributed by atoms with van der Waals surface area (Å²) in [6, 6.07) is 5.36. The van der Waals surface area contributed by atoms with Crippen LogP contribution in [0.2, 0.25) is 5.02 Å². The topological polar surface area (TPSA) is 40.5 Å². The number of carboxylic acid groups (broad SMARTS) is 1. The van der Waals surface area contributed by atoms with E-state index in [1.54, 1.807) is 18.2 Å². The van der Waals surface area contributed by atoms with Crippen LogP contribution in [0.15, 0.2) is 36.9 Å². The number of hydrogen-bond donors (Lipinski definition) is 1. The number of carboxylic acids is 1. The summed E-state index contributed by atoms with van der Waals surface area (Å²) in [6.45, 7) is 4.34. The van der Waals surface area contributed by atoms with E-state index in [0.29, 0.717) is 11.6 Å². The van der Waals surface area contributed by atoms with E-state index in [4.69, 9.17) is 16.7 Å². The first-order valence-electron chi connectivity index (χ1n) is 5.07. The third-order valence-electron chi connectivity index (χ3n) is 2.21. The van der Waals surface area contributed by atoms with Crippen molar-refractivity contribution in [2.24, 2.45) is 0 Å². The number of aliphatic carboxylic acids is 1. The number of anilines is 1. The number of carbonyl (C=O) groups is 1. The zero-order chi connectivity index (χ0) is 12.8. The Hall–Kier alpha value is -1.74. The molecule has 1 rings (SSSR count). The first-order valence-corrected chi connectivity index (χ1v) is 5.45. The fraction of sp³-hybridized carbons (Fsp3) is 0.154. The van der Waals surface area contributed by atoms with Gasteiger partial charge in [-0.3, -0.25) is 0 Å². The fourth-order valence-electron chi connectivity index (χ4n) is 1.46. The summed E-state index contributed by atoms with van der Waals surface area (Å²) >= 11 is 5.89. The minimum Gasteiger partial charge on any atom is -0.478 e. The summed E-state index contributed by atoms with van der Waals surface area (Å²) in [5, 5.41) is 9.20. The Labute approximate surface area is 106 Å². The van der Waals surface area contributed by atoms with Gasteiger partial charge in [-0.2, -0.15) is 0 Å². The Morgan fingerprint density at radius 3 is 2.88 bits per heavy atom. The lowest BCUT2D eigenvalue weighted by Gasteiger charge is -2.19. The van der Waals surface area contributed by atoms with Crippen molar-refractivity contribution in [3.05, 3.63) is 47.5 Å². The molecule has 0 aliphatic rings. The molecule has 17 heavy (non-hydrogen) atoms. The predicted molar refractivity (Wildman–Crippen MR) is 71.6 cm³/mol. The molecule has 0 fully saturated rings. The summed E-state index contributed by atoms with van der Waals surface area (Å²) in [5.41, 5.74) is 1.68. The molecule has 1 aromatic rings. The van der Waals surface area contributed by atoms with Crippen molar-refractivity contribution < 1.29 is 9.90 Å². The smallest absolute Gasteiger partial charge is 0.328 e. The Bertz CT molecular complexity index is 455. The molecular formula is C13H14ClNO2. The minimum absolute atomic E-state index is 0.575. The molecule has 0 radical (unpaired) electrons. The number of hydrogen-bond acceptors (Lipinski definition) is 2. The number of halogens is 1. The van der Waals surface area contributed by atoms with Crippen LogP contribution in [0, 0.1) is 0 Å². The van der Waals surface area contributed by atoms with Crippen LogP contribution < -0.4 is 4.90 Å². The molecule has 0 aromatic heterocycles. The van der Waals surface area contributed by atoms with Crippen LogP contribution >= 0.6 is 11.6 Å². The van der Waals surface area contributed by atoms with Gasteiger partial charge in [-0.1, -0.05) is 17.7 Å². The highest BCUT2D eigenvalue weighted by Gasteiger charge is 2.05. The molecule has 1 aromatic carbocycles. The molecule has 0 spiro atoms. The van der Waals surface area contributed by atoms with Crippen LogP contribution in [0.1, 0.15) is 5.56 Å². The molecule has 0 atom stereocenters. The predicted octanol–water partition coefficient (Wildman–Crippen LogP) is 3.06. The summed E-state index contributed by atoms with van der Waals surface area (Å²) in [7, 11) is 1.91. The Morgan fingerprint density at radius 1 is 1.59 bits per heavy atom. The lowest BCUT2D eigenvalue weighted by molar-refractivity contribution is -0.131. The number of likely N-dealkylation sites (N-methyl/N-ethyl adjacent to an activating group) is 1. The number of rotatable bonds is 5. The molecule has 0 heterocycles. The monoisotopic (exact) mass is 251 g/mol. The highest BCUT2D eigenvalue weighted by Crippen LogP contribution is 2.24. The van der Waals surface area contributed by atoms with E-state index >= 15 is 0 Å². The van der Waals surface area contributed by atoms with Crippen molar-refractivity contribution in [1.82, 2.24) is 0 Å². The lowest BCUT2D eigenvalue weighted by atomic mass is 10.1. The quantitative estimate of drug-likeness (QED) is 0.646. The molecule has 1 N–H and O–H groups in total. The van der Waals surface area contributed by atoms with Gasteiger partial charge in [0, 0.05) is 30.4 Å². The van der Waals surface area contributed by atoms with Gasteiger partial charge in [0.25, 0.3) is 0 Å². The molecule has 0 unspecified atom stereocenters. The molecule has 0 amide bonds. The van der Waals surface area contributed by atoms with E-state index in [1.165, 1.54) is 6.08 Å². The van der Waals surface area contributed by atoms with Gasteiger partial charge in [-0.05, 0) is 29.8 Å². The highest BCUT2D eigenvalue weighted by atomic mass is 35.5.